The number of esters is 2. The van der Waals surface area contributed by atoms with E-state index in [2.05, 4.69) is 28.8 Å². The summed E-state index contributed by atoms with van der Waals surface area (Å²) in [4.78, 5) is 38.7. The summed E-state index contributed by atoms with van der Waals surface area (Å²) in [7, 11) is 4.07. The van der Waals surface area contributed by atoms with Gasteiger partial charge in [0.1, 0.15) is 25.4 Å². The van der Waals surface area contributed by atoms with Crippen molar-refractivity contribution in [3.63, 3.8) is 0 Å². The third kappa shape index (κ3) is 33.5. The first-order valence-electron chi connectivity index (χ1n) is 20.0. The number of carbonyl (C=O) groups excluding carboxylic acids is 3. The Morgan fingerprint density at radius 3 is 1.41 bits per heavy atom. The zero-order chi connectivity index (χ0) is 36.1. The highest BCUT2D eigenvalue weighted by Gasteiger charge is 2.34. The molecular formula is C39H77N3O6S. The number of nitrogens with one attached hydrogen (secondary N) is 2. The Hall–Kier alpha value is -1.36. The molecule has 49 heavy (non-hydrogen) atoms. The molecule has 10 heteroatoms. The molecule has 9 nitrogen and oxygen atoms in total. The van der Waals surface area contributed by atoms with Crippen molar-refractivity contribution in [2.45, 2.75) is 173 Å². The fraction of sp³-hybridized carbons (Fsp3) is 0.923. The number of ether oxygens (including phenoxy) is 3. The van der Waals surface area contributed by atoms with Crippen molar-refractivity contribution in [3.8, 4) is 0 Å². The summed E-state index contributed by atoms with van der Waals surface area (Å²) in [6.07, 6.45) is 27.5. The van der Waals surface area contributed by atoms with Gasteiger partial charge in [0.25, 0.3) is 6.47 Å². The first-order valence-corrected chi connectivity index (χ1v) is 21.0. The normalized spacial score (nSPS) is 11.6. The van der Waals surface area contributed by atoms with Gasteiger partial charge < -0.3 is 24.4 Å². The maximum Gasteiger partial charge on any atom is 0.305 e. The Balaban J connectivity index is 4.67. The van der Waals surface area contributed by atoms with Gasteiger partial charge in [0, 0.05) is 38.2 Å². The van der Waals surface area contributed by atoms with E-state index in [4.69, 9.17) is 14.2 Å². The summed E-state index contributed by atoms with van der Waals surface area (Å²) < 4.78 is 19.9. The van der Waals surface area contributed by atoms with Crippen molar-refractivity contribution < 1.29 is 28.6 Å². The van der Waals surface area contributed by atoms with Crippen molar-refractivity contribution in [1.29, 1.82) is 0 Å². The third-order valence-corrected chi connectivity index (χ3v) is 9.70. The van der Waals surface area contributed by atoms with E-state index in [-0.39, 0.29) is 31.8 Å². The van der Waals surface area contributed by atoms with Gasteiger partial charge in [-0.05, 0) is 26.9 Å². The first kappa shape index (κ1) is 47.6. The van der Waals surface area contributed by atoms with Gasteiger partial charge >= 0.3 is 11.9 Å². The molecule has 0 saturated heterocycles. The zero-order valence-electron chi connectivity index (χ0n) is 32.3. The minimum Gasteiger partial charge on any atom is -0.466 e. The molecule has 290 valence electrons. The molecule has 0 aromatic carbocycles. The maximum absolute atomic E-state index is 12.7. The van der Waals surface area contributed by atoms with E-state index in [1.165, 1.54) is 103 Å². The minimum absolute atomic E-state index is 0.0395. The van der Waals surface area contributed by atoms with Crippen LogP contribution in [-0.2, 0) is 28.6 Å². The maximum atomic E-state index is 12.7. The second-order valence-electron chi connectivity index (χ2n) is 14.1. The molecule has 0 saturated carbocycles. The highest BCUT2D eigenvalue weighted by molar-refractivity contribution is 7.97. The number of nitrogens with zero attached hydrogens (tertiary/aromatic N) is 1. The van der Waals surface area contributed by atoms with Crippen molar-refractivity contribution in [3.05, 3.63) is 0 Å². The van der Waals surface area contributed by atoms with Crippen molar-refractivity contribution in [2.75, 3.05) is 59.3 Å². The molecule has 2 N–H and O–H groups in total. The Kier molecular flexibility index (Phi) is 35.4. The molecule has 0 aliphatic rings. The Morgan fingerprint density at radius 1 is 0.612 bits per heavy atom. The van der Waals surface area contributed by atoms with Crippen LogP contribution in [0.2, 0.25) is 0 Å². The minimum atomic E-state index is -1.01. The second-order valence-corrected chi connectivity index (χ2v) is 15.0. The fourth-order valence-electron chi connectivity index (χ4n) is 5.70. The lowest BCUT2D eigenvalue weighted by atomic mass is 10.0. The number of hydrogen-bond acceptors (Lipinski definition) is 10. The number of carbonyl (C=O) groups is 3. The number of rotatable bonds is 39. The van der Waals surface area contributed by atoms with Gasteiger partial charge in [-0.15, -0.1) is 0 Å². The Bertz CT molecular complexity index is 716. The van der Waals surface area contributed by atoms with Crippen LogP contribution < -0.4 is 10.0 Å². The average Bonchev–Trinajstić information content (AvgIpc) is 3.09. The molecule has 0 unspecified atom stereocenters. The van der Waals surface area contributed by atoms with Crippen LogP contribution in [0.5, 0.6) is 0 Å². The molecule has 0 radical (unpaired) electrons. The fourth-order valence-corrected chi connectivity index (χ4v) is 6.29. The number of unbranched alkanes of at least 4 members (excludes halogenated alkanes) is 20. The summed E-state index contributed by atoms with van der Waals surface area (Å²) >= 11 is 1.59. The summed E-state index contributed by atoms with van der Waals surface area (Å²) in [5.41, 5.74) is -1.01. The molecule has 0 atom stereocenters. The van der Waals surface area contributed by atoms with E-state index in [9.17, 15) is 14.4 Å². The van der Waals surface area contributed by atoms with Crippen molar-refractivity contribution in [1.82, 2.24) is 14.9 Å². The van der Waals surface area contributed by atoms with E-state index in [0.29, 0.717) is 25.9 Å². The third-order valence-electron chi connectivity index (χ3n) is 8.88. The second kappa shape index (κ2) is 36.4. The SMILES string of the molecule is CCCCCCCCCCCCCC(=O)OCC(COC=O)(COC(=O)CCCCCCCCCCCCC)NCCSNCCN(C)C. The molecule has 0 aromatic rings. The van der Waals surface area contributed by atoms with Gasteiger partial charge in [0.05, 0.1) is 0 Å². The number of hydrogen-bond donors (Lipinski definition) is 2. The van der Waals surface area contributed by atoms with Gasteiger partial charge in [-0.1, -0.05) is 154 Å². The average molecular weight is 716 g/mol. The highest BCUT2D eigenvalue weighted by atomic mass is 32.2. The predicted molar refractivity (Wildman–Crippen MR) is 206 cm³/mol. The largest absolute Gasteiger partial charge is 0.466 e. The molecule has 0 bridgehead atoms. The standard InChI is InChI=1S/C39H77N3O6S/c1-5-7-9-11-13-15-17-19-21-23-25-27-37(44)47-34-39(33-46-36-43,40-30-32-49-41-29-31-42(3)4)35-48-38(45)28-26-24-22-20-18-16-14-12-10-8-6-2/h36,40-41H,5-35H2,1-4H3. The smallest absolute Gasteiger partial charge is 0.305 e. The van der Waals surface area contributed by atoms with E-state index in [1.54, 1.807) is 11.9 Å². The number of likely N-dealkylation sites (N-methyl/N-ethyl adjacent to an activating group) is 1. The van der Waals surface area contributed by atoms with E-state index in [1.807, 2.05) is 14.1 Å². The topological polar surface area (TPSA) is 106 Å². The zero-order valence-corrected chi connectivity index (χ0v) is 33.1. The van der Waals surface area contributed by atoms with Gasteiger partial charge in [-0.25, -0.2) is 0 Å². The molecule has 0 amide bonds. The van der Waals surface area contributed by atoms with E-state index >= 15 is 0 Å². The van der Waals surface area contributed by atoms with E-state index < -0.39 is 5.54 Å². The van der Waals surface area contributed by atoms with Gasteiger partial charge in [0.2, 0.25) is 0 Å². The lowest BCUT2D eigenvalue weighted by Gasteiger charge is -2.33. The summed E-state index contributed by atoms with van der Waals surface area (Å²) in [6, 6.07) is 0. The molecule has 0 spiro atoms. The molecule has 0 heterocycles. The lowest BCUT2D eigenvalue weighted by molar-refractivity contribution is -0.154. The summed E-state index contributed by atoms with van der Waals surface area (Å²) in [5, 5.41) is 3.39. The summed E-state index contributed by atoms with van der Waals surface area (Å²) in [6.45, 7) is 7.07. The van der Waals surface area contributed by atoms with Crippen LogP contribution in [0.1, 0.15) is 168 Å². The van der Waals surface area contributed by atoms with Crippen LogP contribution in [0.4, 0.5) is 0 Å². The molecule has 0 aliphatic carbocycles. The van der Waals surface area contributed by atoms with Gasteiger partial charge in [-0.2, -0.15) is 0 Å². The van der Waals surface area contributed by atoms with E-state index in [0.717, 1.165) is 57.4 Å². The van der Waals surface area contributed by atoms with Gasteiger partial charge in [-0.3, -0.25) is 19.1 Å². The van der Waals surface area contributed by atoms with Crippen LogP contribution in [0.15, 0.2) is 0 Å². The lowest BCUT2D eigenvalue weighted by Crippen LogP contribution is -2.57. The Morgan fingerprint density at radius 2 is 1.02 bits per heavy atom. The predicted octanol–water partition coefficient (Wildman–Crippen LogP) is 8.78. The monoisotopic (exact) mass is 716 g/mol. The van der Waals surface area contributed by atoms with Crippen molar-refractivity contribution in [2.24, 2.45) is 0 Å². The molecule has 0 aliphatic heterocycles. The molecule has 0 rings (SSSR count). The van der Waals surface area contributed by atoms with Gasteiger partial charge in [0.15, 0.2) is 0 Å². The molecule has 0 fully saturated rings. The molecular weight excluding hydrogens is 639 g/mol. The van der Waals surface area contributed by atoms with Crippen LogP contribution in [-0.4, -0.2) is 88.2 Å². The summed E-state index contributed by atoms with van der Waals surface area (Å²) in [5.74, 6) is 0.177. The van der Waals surface area contributed by atoms with Crippen LogP contribution >= 0.6 is 11.9 Å². The van der Waals surface area contributed by atoms with Crippen LogP contribution in [0, 0.1) is 0 Å². The first-order chi connectivity index (χ1) is 23.9. The van der Waals surface area contributed by atoms with Crippen LogP contribution in [0.25, 0.3) is 0 Å². The molecule has 0 aromatic heterocycles. The van der Waals surface area contributed by atoms with Crippen molar-refractivity contribution >= 4 is 30.4 Å². The quantitative estimate of drug-likeness (QED) is 0.0211. The van der Waals surface area contributed by atoms with Crippen LogP contribution in [0.3, 0.4) is 0 Å². The Labute approximate surface area is 306 Å². The highest BCUT2D eigenvalue weighted by Crippen LogP contribution is 2.16.